The van der Waals surface area contributed by atoms with Crippen LogP contribution in [0, 0.1) is 0 Å². The van der Waals surface area contributed by atoms with Crippen LogP contribution in [0.5, 0.6) is 0 Å². The van der Waals surface area contributed by atoms with Crippen LogP contribution in [0.15, 0.2) is 23.6 Å². The summed E-state index contributed by atoms with van der Waals surface area (Å²) in [5, 5.41) is 12.1. The van der Waals surface area contributed by atoms with Gasteiger partial charge in [0.2, 0.25) is 0 Å². The minimum absolute atomic E-state index is 0.134. The smallest absolute Gasteiger partial charge is 0.172 e. The van der Waals surface area contributed by atoms with E-state index in [1.54, 1.807) is 18.5 Å². The van der Waals surface area contributed by atoms with E-state index in [4.69, 9.17) is 10.9 Å². The second-order valence-electron chi connectivity index (χ2n) is 5.25. The lowest BCUT2D eigenvalue weighted by Gasteiger charge is -2.33. The third-order valence-electron chi connectivity index (χ3n) is 3.87. The van der Waals surface area contributed by atoms with Crippen molar-refractivity contribution in [2.45, 2.75) is 25.8 Å². The van der Waals surface area contributed by atoms with Gasteiger partial charge in [-0.1, -0.05) is 12.1 Å². The van der Waals surface area contributed by atoms with Crippen molar-refractivity contribution in [1.29, 1.82) is 0 Å². The standard InChI is InChI=1S/C14H23N5O/c1-3-11-10-18(2)7-4-8-19(11)13-9-16-6-5-12(13)14(15)17-20/h5-6,9,11,20H,3-4,7-8,10H2,1-2H3,(H2,15,17). The van der Waals surface area contributed by atoms with Crippen LogP contribution in [-0.2, 0) is 0 Å². The molecule has 0 saturated carbocycles. The molecule has 1 fully saturated rings. The molecule has 1 aromatic rings. The third kappa shape index (κ3) is 3.01. The van der Waals surface area contributed by atoms with Crippen LogP contribution < -0.4 is 10.6 Å². The van der Waals surface area contributed by atoms with Gasteiger partial charge in [-0.3, -0.25) is 4.98 Å². The highest BCUT2D eigenvalue weighted by molar-refractivity contribution is 6.02. The van der Waals surface area contributed by atoms with Crippen molar-refractivity contribution < 1.29 is 5.21 Å². The van der Waals surface area contributed by atoms with E-state index >= 15 is 0 Å². The summed E-state index contributed by atoms with van der Waals surface area (Å²) in [6.45, 7) is 5.25. The van der Waals surface area contributed by atoms with E-state index in [-0.39, 0.29) is 5.84 Å². The van der Waals surface area contributed by atoms with Crippen LogP contribution >= 0.6 is 0 Å². The molecule has 0 spiro atoms. The van der Waals surface area contributed by atoms with Crippen LogP contribution in [0.25, 0.3) is 0 Å². The van der Waals surface area contributed by atoms with E-state index in [0.29, 0.717) is 6.04 Å². The highest BCUT2D eigenvalue weighted by Gasteiger charge is 2.24. The predicted molar refractivity (Wildman–Crippen MR) is 80.3 cm³/mol. The SMILES string of the molecule is CCC1CN(C)CCCN1c1cnccc1/C(N)=N/O. The van der Waals surface area contributed by atoms with Crippen molar-refractivity contribution in [3.8, 4) is 0 Å². The van der Waals surface area contributed by atoms with Gasteiger partial charge in [0.25, 0.3) is 0 Å². The minimum atomic E-state index is 0.134. The number of oxime groups is 1. The number of pyridine rings is 1. The second kappa shape index (κ2) is 6.56. The quantitative estimate of drug-likeness (QED) is 0.374. The van der Waals surface area contributed by atoms with Crippen LogP contribution in [0.4, 0.5) is 5.69 Å². The Balaban J connectivity index is 2.38. The molecule has 1 atom stereocenters. The summed E-state index contributed by atoms with van der Waals surface area (Å²) in [6, 6.07) is 2.21. The van der Waals surface area contributed by atoms with Gasteiger partial charge in [-0.05, 0) is 32.5 Å². The Bertz CT molecular complexity index is 476. The lowest BCUT2D eigenvalue weighted by atomic mass is 10.1. The summed E-state index contributed by atoms with van der Waals surface area (Å²) in [5.41, 5.74) is 7.48. The van der Waals surface area contributed by atoms with Crippen LogP contribution in [0.1, 0.15) is 25.3 Å². The van der Waals surface area contributed by atoms with Crippen molar-refractivity contribution >= 4 is 11.5 Å². The summed E-state index contributed by atoms with van der Waals surface area (Å²) in [7, 11) is 2.15. The Morgan fingerprint density at radius 3 is 3.05 bits per heavy atom. The van der Waals surface area contributed by atoms with Crippen molar-refractivity contribution in [2.75, 3.05) is 31.6 Å². The molecule has 6 nitrogen and oxygen atoms in total. The van der Waals surface area contributed by atoms with Crippen molar-refractivity contribution in [2.24, 2.45) is 10.9 Å². The van der Waals surface area contributed by atoms with E-state index in [1.165, 1.54) is 0 Å². The average molecular weight is 277 g/mol. The molecule has 1 saturated heterocycles. The molecular weight excluding hydrogens is 254 g/mol. The molecule has 0 radical (unpaired) electrons. The molecule has 1 aliphatic heterocycles. The van der Waals surface area contributed by atoms with Gasteiger partial charge in [0, 0.05) is 30.9 Å². The minimum Gasteiger partial charge on any atom is -0.409 e. The number of likely N-dealkylation sites (N-methyl/N-ethyl adjacent to an activating group) is 1. The van der Waals surface area contributed by atoms with Gasteiger partial charge in [-0.25, -0.2) is 0 Å². The van der Waals surface area contributed by atoms with Crippen LogP contribution in [0.3, 0.4) is 0 Å². The number of nitrogens with two attached hydrogens (primary N) is 1. The molecule has 0 bridgehead atoms. The highest BCUT2D eigenvalue weighted by atomic mass is 16.4. The Morgan fingerprint density at radius 1 is 1.55 bits per heavy atom. The Morgan fingerprint density at radius 2 is 2.35 bits per heavy atom. The Labute approximate surface area is 119 Å². The predicted octanol–water partition coefficient (Wildman–Crippen LogP) is 1.10. The number of amidine groups is 1. The van der Waals surface area contributed by atoms with Gasteiger partial charge in [-0.15, -0.1) is 0 Å². The maximum atomic E-state index is 8.95. The molecule has 110 valence electrons. The summed E-state index contributed by atoms with van der Waals surface area (Å²) >= 11 is 0. The van der Waals surface area contributed by atoms with Crippen molar-refractivity contribution in [1.82, 2.24) is 9.88 Å². The topological polar surface area (TPSA) is 78.0 Å². The molecular formula is C14H23N5O. The van der Waals surface area contributed by atoms with Crippen LogP contribution in [0.2, 0.25) is 0 Å². The Kier molecular flexibility index (Phi) is 4.79. The van der Waals surface area contributed by atoms with E-state index < -0.39 is 0 Å². The molecule has 3 N–H and O–H groups in total. The summed E-state index contributed by atoms with van der Waals surface area (Å²) in [4.78, 5) is 8.90. The second-order valence-corrected chi connectivity index (χ2v) is 5.25. The number of aromatic nitrogens is 1. The van der Waals surface area contributed by atoms with Gasteiger partial charge in [0.05, 0.1) is 11.9 Å². The average Bonchev–Trinajstić information content (AvgIpc) is 2.67. The normalized spacial score (nSPS) is 21.8. The van der Waals surface area contributed by atoms with Gasteiger partial charge in [0.1, 0.15) is 0 Å². The monoisotopic (exact) mass is 277 g/mol. The van der Waals surface area contributed by atoms with E-state index in [2.05, 4.69) is 33.9 Å². The van der Waals surface area contributed by atoms with E-state index in [9.17, 15) is 0 Å². The zero-order valence-corrected chi connectivity index (χ0v) is 12.2. The van der Waals surface area contributed by atoms with Gasteiger partial charge in [-0.2, -0.15) is 0 Å². The highest BCUT2D eigenvalue weighted by Crippen LogP contribution is 2.25. The van der Waals surface area contributed by atoms with Crippen LogP contribution in [-0.4, -0.2) is 53.7 Å². The maximum absolute atomic E-state index is 8.95. The first-order chi connectivity index (χ1) is 9.67. The molecule has 1 aromatic heterocycles. The summed E-state index contributed by atoms with van der Waals surface area (Å²) in [6.07, 6.45) is 5.62. The van der Waals surface area contributed by atoms with Gasteiger partial charge in [0.15, 0.2) is 5.84 Å². The largest absolute Gasteiger partial charge is 0.409 e. The molecule has 1 unspecified atom stereocenters. The first kappa shape index (κ1) is 14.6. The van der Waals surface area contributed by atoms with E-state index in [0.717, 1.165) is 43.7 Å². The molecule has 2 rings (SSSR count). The molecule has 1 aliphatic rings. The summed E-state index contributed by atoms with van der Waals surface area (Å²) in [5.74, 6) is 0.134. The fourth-order valence-corrected chi connectivity index (χ4v) is 2.80. The molecule has 2 heterocycles. The number of nitrogens with zero attached hydrogens (tertiary/aromatic N) is 4. The number of anilines is 1. The maximum Gasteiger partial charge on any atom is 0.172 e. The number of hydrogen-bond acceptors (Lipinski definition) is 5. The fourth-order valence-electron chi connectivity index (χ4n) is 2.80. The fraction of sp³-hybridized carbons (Fsp3) is 0.571. The molecule has 20 heavy (non-hydrogen) atoms. The first-order valence-corrected chi connectivity index (χ1v) is 7.04. The van der Waals surface area contributed by atoms with E-state index in [1.807, 2.05) is 0 Å². The molecule has 0 amide bonds. The first-order valence-electron chi connectivity index (χ1n) is 7.04. The lowest BCUT2D eigenvalue weighted by molar-refractivity contribution is 0.318. The Hall–Kier alpha value is -1.82. The molecule has 6 heteroatoms. The van der Waals surface area contributed by atoms with Gasteiger partial charge < -0.3 is 20.7 Å². The van der Waals surface area contributed by atoms with Crippen molar-refractivity contribution in [3.05, 3.63) is 24.0 Å². The number of hydrogen-bond donors (Lipinski definition) is 2. The third-order valence-corrected chi connectivity index (χ3v) is 3.87. The molecule has 0 aromatic carbocycles. The zero-order valence-electron chi connectivity index (χ0n) is 12.2. The van der Waals surface area contributed by atoms with Gasteiger partial charge >= 0.3 is 0 Å². The lowest BCUT2D eigenvalue weighted by Crippen LogP contribution is -2.41. The number of rotatable bonds is 3. The van der Waals surface area contributed by atoms with Crippen molar-refractivity contribution in [3.63, 3.8) is 0 Å². The summed E-state index contributed by atoms with van der Waals surface area (Å²) < 4.78 is 0. The molecule has 0 aliphatic carbocycles. The zero-order chi connectivity index (χ0) is 14.5.